The van der Waals surface area contributed by atoms with Gasteiger partial charge in [0.05, 0.1) is 29.0 Å². The fourth-order valence-electron chi connectivity index (χ4n) is 4.35. The van der Waals surface area contributed by atoms with Crippen LogP contribution in [-0.4, -0.2) is 35.6 Å². The van der Waals surface area contributed by atoms with E-state index in [1.807, 2.05) is 44.2 Å². The average Bonchev–Trinajstić information content (AvgIpc) is 3.12. The Labute approximate surface area is 180 Å². The number of aromatic nitrogens is 6. The summed E-state index contributed by atoms with van der Waals surface area (Å²) in [4.78, 5) is 21.7. The van der Waals surface area contributed by atoms with Crippen molar-refractivity contribution in [1.82, 2.24) is 29.5 Å². The standard InChI is InChI=1S/C23H25N7O/c1-15-13-16(2)29(27-15)22-11-12-23(31)30(28-22)18-9-7-17(8-10-18)25-21-14-24-19-5-3-4-6-20(19)26-21/h3-6,11-14,17-18H,7-10H2,1-2H3,(H,25,26). The van der Waals surface area contributed by atoms with E-state index in [1.165, 1.54) is 0 Å². The Bertz CT molecular complexity index is 1280. The lowest BCUT2D eigenvalue weighted by Crippen LogP contribution is -2.33. The first-order valence-corrected chi connectivity index (χ1v) is 10.7. The van der Waals surface area contributed by atoms with Gasteiger partial charge in [-0.1, -0.05) is 12.1 Å². The maximum Gasteiger partial charge on any atom is 0.267 e. The van der Waals surface area contributed by atoms with Gasteiger partial charge in [0.2, 0.25) is 0 Å². The molecule has 8 heteroatoms. The Morgan fingerprint density at radius 1 is 0.968 bits per heavy atom. The minimum Gasteiger partial charge on any atom is -0.366 e. The summed E-state index contributed by atoms with van der Waals surface area (Å²) in [6.45, 7) is 3.94. The fraction of sp³-hybridized carbons (Fsp3) is 0.348. The van der Waals surface area contributed by atoms with E-state index in [2.05, 4.69) is 25.5 Å². The third kappa shape index (κ3) is 3.93. The highest BCUT2D eigenvalue weighted by atomic mass is 16.1. The molecule has 0 bridgehead atoms. The molecule has 1 aliphatic carbocycles. The van der Waals surface area contributed by atoms with Crippen molar-refractivity contribution >= 4 is 16.9 Å². The van der Waals surface area contributed by atoms with Crippen molar-refractivity contribution < 1.29 is 0 Å². The number of anilines is 1. The number of benzene rings is 1. The molecule has 0 unspecified atom stereocenters. The topological polar surface area (TPSA) is 90.5 Å². The third-order valence-electron chi connectivity index (χ3n) is 5.88. The number of nitrogens with one attached hydrogen (secondary N) is 1. The van der Waals surface area contributed by atoms with E-state index < -0.39 is 0 Å². The van der Waals surface area contributed by atoms with Crippen LogP contribution in [0.25, 0.3) is 16.9 Å². The van der Waals surface area contributed by atoms with E-state index in [0.29, 0.717) is 11.9 Å². The molecule has 3 heterocycles. The Hall–Kier alpha value is -3.55. The summed E-state index contributed by atoms with van der Waals surface area (Å²) >= 11 is 0. The molecule has 1 aromatic carbocycles. The normalized spacial score (nSPS) is 18.9. The molecule has 0 spiro atoms. The fourth-order valence-corrected chi connectivity index (χ4v) is 4.35. The molecule has 3 aromatic heterocycles. The molecule has 1 saturated carbocycles. The molecule has 0 aliphatic heterocycles. The lowest BCUT2D eigenvalue weighted by atomic mass is 9.91. The van der Waals surface area contributed by atoms with Gasteiger partial charge in [0.15, 0.2) is 5.82 Å². The smallest absolute Gasteiger partial charge is 0.267 e. The van der Waals surface area contributed by atoms with Gasteiger partial charge < -0.3 is 5.32 Å². The number of para-hydroxylation sites is 2. The van der Waals surface area contributed by atoms with Gasteiger partial charge in [0, 0.05) is 17.8 Å². The molecule has 5 rings (SSSR count). The largest absolute Gasteiger partial charge is 0.366 e. The summed E-state index contributed by atoms with van der Waals surface area (Å²) in [6.07, 6.45) is 5.44. The first-order valence-electron chi connectivity index (χ1n) is 10.7. The lowest BCUT2D eigenvalue weighted by Gasteiger charge is -2.30. The van der Waals surface area contributed by atoms with Crippen molar-refractivity contribution in [2.45, 2.75) is 51.6 Å². The van der Waals surface area contributed by atoms with Crippen LogP contribution in [0.5, 0.6) is 0 Å². The van der Waals surface area contributed by atoms with Crippen LogP contribution in [0.1, 0.15) is 43.1 Å². The van der Waals surface area contributed by atoms with Gasteiger partial charge in [-0.2, -0.15) is 5.10 Å². The molecule has 0 atom stereocenters. The lowest BCUT2D eigenvalue weighted by molar-refractivity contribution is 0.302. The number of fused-ring (bicyclic) bond motifs is 1. The molecule has 31 heavy (non-hydrogen) atoms. The highest BCUT2D eigenvalue weighted by Crippen LogP contribution is 2.29. The van der Waals surface area contributed by atoms with Crippen LogP contribution in [0.4, 0.5) is 5.82 Å². The maximum absolute atomic E-state index is 12.5. The first-order chi connectivity index (χ1) is 15.1. The molecule has 158 valence electrons. The summed E-state index contributed by atoms with van der Waals surface area (Å²) in [6, 6.07) is 13.6. The zero-order valence-corrected chi connectivity index (χ0v) is 17.7. The summed E-state index contributed by atoms with van der Waals surface area (Å²) in [5.74, 6) is 1.47. The summed E-state index contributed by atoms with van der Waals surface area (Å²) in [7, 11) is 0. The number of hydrogen-bond donors (Lipinski definition) is 1. The van der Waals surface area contributed by atoms with Crippen LogP contribution >= 0.6 is 0 Å². The predicted octanol–water partition coefficient (Wildman–Crippen LogP) is 3.58. The van der Waals surface area contributed by atoms with E-state index in [9.17, 15) is 4.79 Å². The van der Waals surface area contributed by atoms with Crippen LogP contribution in [0.2, 0.25) is 0 Å². The van der Waals surface area contributed by atoms with Crippen LogP contribution in [0.15, 0.2) is 53.5 Å². The molecule has 1 fully saturated rings. The van der Waals surface area contributed by atoms with E-state index in [-0.39, 0.29) is 11.6 Å². The Balaban J connectivity index is 1.29. The van der Waals surface area contributed by atoms with Crippen molar-refractivity contribution in [2.24, 2.45) is 0 Å². The number of rotatable bonds is 4. The molecule has 0 saturated heterocycles. The minimum atomic E-state index is -0.0675. The van der Waals surface area contributed by atoms with Gasteiger partial charge in [0.1, 0.15) is 5.82 Å². The summed E-state index contributed by atoms with van der Waals surface area (Å²) in [5.41, 5.74) is 3.64. The SMILES string of the molecule is Cc1cc(C)n(-c2ccc(=O)n(C3CCC(Nc4cnc5ccccc5n4)CC3)n2)n1. The zero-order chi connectivity index (χ0) is 21.4. The first kappa shape index (κ1) is 19.4. The van der Waals surface area contributed by atoms with Gasteiger partial charge >= 0.3 is 0 Å². The van der Waals surface area contributed by atoms with Crippen LogP contribution in [0, 0.1) is 13.8 Å². The minimum absolute atomic E-state index is 0.0675. The molecule has 1 N–H and O–H groups in total. The van der Waals surface area contributed by atoms with E-state index in [1.54, 1.807) is 27.7 Å². The molecular weight excluding hydrogens is 390 g/mol. The second-order valence-electron chi connectivity index (χ2n) is 8.21. The second kappa shape index (κ2) is 7.94. The van der Waals surface area contributed by atoms with Gasteiger partial charge in [-0.25, -0.2) is 14.3 Å². The van der Waals surface area contributed by atoms with Crippen LogP contribution in [-0.2, 0) is 0 Å². The Morgan fingerprint density at radius 2 is 1.74 bits per heavy atom. The van der Waals surface area contributed by atoms with Gasteiger partial charge in [-0.15, -0.1) is 5.10 Å². The molecule has 0 amide bonds. The number of aryl methyl sites for hydroxylation is 2. The molecule has 4 aromatic rings. The predicted molar refractivity (Wildman–Crippen MR) is 120 cm³/mol. The van der Waals surface area contributed by atoms with E-state index in [4.69, 9.17) is 0 Å². The highest BCUT2D eigenvalue weighted by Gasteiger charge is 2.24. The van der Waals surface area contributed by atoms with Crippen molar-refractivity contribution in [1.29, 1.82) is 0 Å². The summed E-state index contributed by atoms with van der Waals surface area (Å²) < 4.78 is 3.43. The Kier molecular flexibility index (Phi) is 4.97. The van der Waals surface area contributed by atoms with E-state index in [0.717, 1.165) is 53.9 Å². The zero-order valence-electron chi connectivity index (χ0n) is 17.7. The molecule has 8 nitrogen and oxygen atoms in total. The van der Waals surface area contributed by atoms with Gasteiger partial charge in [0.25, 0.3) is 5.56 Å². The number of hydrogen-bond acceptors (Lipinski definition) is 6. The third-order valence-corrected chi connectivity index (χ3v) is 5.88. The number of nitrogens with zero attached hydrogens (tertiary/aromatic N) is 6. The molecule has 1 aliphatic rings. The van der Waals surface area contributed by atoms with Crippen molar-refractivity contribution in [2.75, 3.05) is 5.32 Å². The van der Waals surface area contributed by atoms with Crippen LogP contribution in [0.3, 0.4) is 0 Å². The summed E-state index contributed by atoms with van der Waals surface area (Å²) in [5, 5.41) is 12.6. The maximum atomic E-state index is 12.5. The van der Waals surface area contributed by atoms with Crippen molar-refractivity contribution in [3.05, 3.63) is 70.4 Å². The monoisotopic (exact) mass is 415 g/mol. The van der Waals surface area contributed by atoms with Crippen molar-refractivity contribution in [3.63, 3.8) is 0 Å². The van der Waals surface area contributed by atoms with Crippen LogP contribution < -0.4 is 10.9 Å². The van der Waals surface area contributed by atoms with Crippen molar-refractivity contribution in [3.8, 4) is 5.82 Å². The van der Waals surface area contributed by atoms with Gasteiger partial charge in [-0.05, 0) is 63.8 Å². The Morgan fingerprint density at radius 3 is 2.48 bits per heavy atom. The average molecular weight is 416 g/mol. The quantitative estimate of drug-likeness (QED) is 0.548. The highest BCUT2D eigenvalue weighted by molar-refractivity contribution is 5.75. The molecule has 0 radical (unpaired) electrons. The van der Waals surface area contributed by atoms with Gasteiger partial charge in [-0.3, -0.25) is 9.78 Å². The van der Waals surface area contributed by atoms with E-state index >= 15 is 0 Å². The second-order valence-corrected chi connectivity index (χ2v) is 8.21. The molecular formula is C23H25N7O.